The minimum absolute atomic E-state index is 0.0233. The fraction of sp³-hybridized carbons (Fsp3) is 0.429. The van der Waals surface area contributed by atoms with E-state index in [0.29, 0.717) is 6.42 Å². The summed E-state index contributed by atoms with van der Waals surface area (Å²) in [5, 5.41) is 7.71. The zero-order valence-corrected chi connectivity index (χ0v) is 15.4. The Morgan fingerprint density at radius 3 is 2.72 bits per heavy atom. The van der Waals surface area contributed by atoms with Crippen LogP contribution < -0.4 is 5.32 Å². The van der Waals surface area contributed by atoms with E-state index in [1.54, 1.807) is 6.08 Å². The maximum atomic E-state index is 11.9. The molecular formula is C21H27N3O. The Hall–Kier alpha value is -2.36. The summed E-state index contributed by atoms with van der Waals surface area (Å²) in [6, 6.07) is 8.67. The molecule has 1 atom stereocenters. The highest BCUT2D eigenvalue weighted by Crippen LogP contribution is 2.31. The highest BCUT2D eigenvalue weighted by atomic mass is 16.1. The molecule has 0 spiro atoms. The van der Waals surface area contributed by atoms with Crippen molar-refractivity contribution in [2.24, 2.45) is 0 Å². The summed E-state index contributed by atoms with van der Waals surface area (Å²) in [7, 11) is 0. The van der Waals surface area contributed by atoms with Crippen molar-refractivity contribution in [1.29, 1.82) is 0 Å². The van der Waals surface area contributed by atoms with Crippen LogP contribution in [-0.4, -0.2) is 15.7 Å². The second-order valence-electron chi connectivity index (χ2n) is 7.76. The molecule has 0 radical (unpaired) electrons. The molecular weight excluding hydrogens is 310 g/mol. The van der Waals surface area contributed by atoms with E-state index in [9.17, 15) is 4.79 Å². The summed E-state index contributed by atoms with van der Waals surface area (Å²) < 4.78 is 2.02. The predicted molar refractivity (Wildman–Crippen MR) is 101 cm³/mol. The normalized spacial score (nSPS) is 17.0. The lowest BCUT2D eigenvalue weighted by atomic mass is 9.87. The summed E-state index contributed by atoms with van der Waals surface area (Å²) in [5.74, 6) is 0.0233. The number of benzene rings is 1. The summed E-state index contributed by atoms with van der Waals surface area (Å²) in [6.45, 7) is 10.3. The van der Waals surface area contributed by atoms with Crippen LogP contribution in [-0.2, 0) is 16.6 Å². The average molecular weight is 337 g/mol. The molecule has 1 aromatic heterocycles. The molecule has 0 saturated heterocycles. The van der Waals surface area contributed by atoms with Gasteiger partial charge in [-0.2, -0.15) is 5.10 Å². The van der Waals surface area contributed by atoms with Gasteiger partial charge in [0.15, 0.2) is 0 Å². The Labute approximate surface area is 149 Å². The third kappa shape index (κ3) is 3.68. The van der Waals surface area contributed by atoms with E-state index in [-0.39, 0.29) is 17.4 Å². The van der Waals surface area contributed by atoms with Crippen molar-refractivity contribution in [2.45, 2.75) is 57.9 Å². The van der Waals surface area contributed by atoms with E-state index in [2.05, 4.69) is 62.0 Å². The van der Waals surface area contributed by atoms with Crippen molar-refractivity contribution in [1.82, 2.24) is 15.1 Å². The summed E-state index contributed by atoms with van der Waals surface area (Å²) in [5.41, 5.74) is 4.88. The van der Waals surface area contributed by atoms with Crippen LogP contribution in [0.3, 0.4) is 0 Å². The molecule has 0 fully saturated rings. The van der Waals surface area contributed by atoms with Crippen molar-refractivity contribution >= 4 is 5.91 Å². The van der Waals surface area contributed by atoms with Gasteiger partial charge >= 0.3 is 0 Å². The van der Waals surface area contributed by atoms with Gasteiger partial charge in [0, 0.05) is 17.7 Å². The molecule has 0 unspecified atom stereocenters. The lowest BCUT2D eigenvalue weighted by Gasteiger charge is -2.24. The van der Waals surface area contributed by atoms with Crippen LogP contribution >= 0.6 is 0 Å². The van der Waals surface area contributed by atoms with Crippen molar-refractivity contribution < 1.29 is 4.79 Å². The number of fused-ring (bicyclic) bond motifs is 1. The van der Waals surface area contributed by atoms with E-state index in [4.69, 9.17) is 0 Å². The number of aromatic nitrogens is 2. The van der Waals surface area contributed by atoms with Crippen LogP contribution in [0, 0.1) is 0 Å². The number of carbonyl (C=O) groups is 1. The predicted octanol–water partition coefficient (Wildman–Crippen LogP) is 4.24. The molecule has 132 valence electrons. The van der Waals surface area contributed by atoms with E-state index >= 15 is 0 Å². The van der Waals surface area contributed by atoms with Crippen molar-refractivity contribution in [2.75, 3.05) is 0 Å². The maximum absolute atomic E-state index is 11.9. The molecule has 1 aliphatic carbocycles. The highest BCUT2D eigenvalue weighted by Gasteiger charge is 2.26. The zero-order chi connectivity index (χ0) is 18.0. The van der Waals surface area contributed by atoms with Crippen LogP contribution in [0.2, 0.25) is 0 Å². The largest absolute Gasteiger partial charge is 0.349 e. The fourth-order valence-corrected chi connectivity index (χ4v) is 3.42. The summed E-state index contributed by atoms with van der Waals surface area (Å²) in [6.07, 6.45) is 6.91. The van der Waals surface area contributed by atoms with Crippen LogP contribution in [0.1, 0.15) is 62.9 Å². The van der Waals surface area contributed by atoms with Gasteiger partial charge in [-0.05, 0) is 42.4 Å². The molecule has 25 heavy (non-hydrogen) atoms. The molecule has 1 amide bonds. The van der Waals surface area contributed by atoms with E-state index in [1.165, 1.54) is 11.3 Å². The number of rotatable bonds is 4. The molecule has 4 nitrogen and oxygen atoms in total. The topological polar surface area (TPSA) is 46.9 Å². The van der Waals surface area contributed by atoms with Gasteiger partial charge in [-0.15, -0.1) is 6.58 Å². The molecule has 0 bridgehead atoms. The highest BCUT2D eigenvalue weighted by molar-refractivity contribution is 5.77. The number of amides is 1. The van der Waals surface area contributed by atoms with E-state index in [0.717, 1.165) is 30.5 Å². The lowest BCUT2D eigenvalue weighted by Crippen LogP contribution is -2.30. The number of hydrogen-bond donors (Lipinski definition) is 1. The molecule has 0 saturated carbocycles. The van der Waals surface area contributed by atoms with Gasteiger partial charge < -0.3 is 5.32 Å². The molecule has 4 heteroatoms. The molecule has 2 aromatic rings. The third-order valence-corrected chi connectivity index (χ3v) is 4.83. The van der Waals surface area contributed by atoms with Gasteiger partial charge in [-0.25, -0.2) is 4.68 Å². The summed E-state index contributed by atoms with van der Waals surface area (Å²) >= 11 is 0. The van der Waals surface area contributed by atoms with Gasteiger partial charge in [0.05, 0.1) is 17.9 Å². The van der Waals surface area contributed by atoms with Gasteiger partial charge in [-0.1, -0.05) is 39.0 Å². The third-order valence-electron chi connectivity index (χ3n) is 4.83. The molecule has 0 aliphatic heterocycles. The Morgan fingerprint density at radius 1 is 1.36 bits per heavy atom. The first-order chi connectivity index (χ1) is 11.9. The molecule has 1 heterocycles. The Bertz CT molecular complexity index is 765. The molecule has 1 N–H and O–H groups in total. The summed E-state index contributed by atoms with van der Waals surface area (Å²) in [4.78, 5) is 11.9. The molecule has 1 aliphatic rings. The second kappa shape index (κ2) is 6.87. The molecule has 1 aromatic carbocycles. The number of hydrogen-bond acceptors (Lipinski definition) is 2. The number of nitrogens with one attached hydrogen (secondary N) is 1. The van der Waals surface area contributed by atoms with Crippen LogP contribution in [0.15, 0.2) is 43.1 Å². The van der Waals surface area contributed by atoms with Crippen LogP contribution in [0.5, 0.6) is 0 Å². The Balaban J connectivity index is 1.87. The average Bonchev–Trinajstić information content (AvgIpc) is 2.99. The maximum Gasteiger partial charge on any atom is 0.224 e. The first-order valence-corrected chi connectivity index (χ1v) is 8.98. The number of carbonyl (C=O) groups excluding carboxylic acids is 1. The van der Waals surface area contributed by atoms with Gasteiger partial charge in [0.25, 0.3) is 0 Å². The zero-order valence-electron chi connectivity index (χ0n) is 15.4. The smallest absolute Gasteiger partial charge is 0.224 e. The van der Waals surface area contributed by atoms with Crippen LogP contribution in [0.25, 0.3) is 5.69 Å². The van der Waals surface area contributed by atoms with Gasteiger partial charge in [-0.3, -0.25) is 4.79 Å². The first kappa shape index (κ1) is 17.5. The van der Waals surface area contributed by atoms with Gasteiger partial charge in [0.1, 0.15) is 0 Å². The van der Waals surface area contributed by atoms with Crippen molar-refractivity contribution in [3.05, 3.63) is 59.9 Å². The number of nitrogens with zero attached hydrogens (tertiary/aromatic N) is 2. The fourth-order valence-electron chi connectivity index (χ4n) is 3.42. The SMILES string of the molecule is C=CCC(=O)N[C@H]1CCCc2c1cnn2-c1ccc(C(C)(C)C)cc1. The standard InChI is InChI=1S/C21H27N3O/c1-5-7-20(25)23-18-8-6-9-19-17(18)14-22-24(19)16-12-10-15(11-13-16)21(2,3)4/h5,10-14,18H,1,6-9H2,2-4H3,(H,23,25)/t18-/m0/s1. The van der Waals surface area contributed by atoms with E-state index in [1.807, 2.05) is 10.9 Å². The monoisotopic (exact) mass is 337 g/mol. The Morgan fingerprint density at radius 2 is 2.08 bits per heavy atom. The second-order valence-corrected chi connectivity index (χ2v) is 7.76. The lowest BCUT2D eigenvalue weighted by molar-refractivity contribution is -0.121. The Kier molecular flexibility index (Phi) is 4.80. The first-order valence-electron chi connectivity index (χ1n) is 8.98. The molecule has 3 rings (SSSR count). The van der Waals surface area contributed by atoms with Crippen molar-refractivity contribution in [3.63, 3.8) is 0 Å². The van der Waals surface area contributed by atoms with Crippen LogP contribution in [0.4, 0.5) is 0 Å². The minimum Gasteiger partial charge on any atom is -0.349 e. The van der Waals surface area contributed by atoms with E-state index < -0.39 is 0 Å². The van der Waals surface area contributed by atoms with Crippen molar-refractivity contribution in [3.8, 4) is 5.69 Å². The minimum atomic E-state index is 0.0233. The van der Waals surface area contributed by atoms with Gasteiger partial charge in [0.2, 0.25) is 5.91 Å². The quantitative estimate of drug-likeness (QED) is 0.848.